The summed E-state index contributed by atoms with van der Waals surface area (Å²) < 4.78 is 2.41. The van der Waals surface area contributed by atoms with E-state index < -0.39 is 0 Å². The van der Waals surface area contributed by atoms with E-state index in [1.54, 1.807) is 0 Å². The summed E-state index contributed by atoms with van der Waals surface area (Å²) in [4.78, 5) is 15.3. The van der Waals surface area contributed by atoms with E-state index in [9.17, 15) is 4.79 Å². The van der Waals surface area contributed by atoms with E-state index in [0.717, 1.165) is 55.4 Å². The number of carbonyl (C=O) groups is 1. The largest absolute Gasteiger partial charge is 0.352 e. The van der Waals surface area contributed by atoms with Crippen molar-refractivity contribution in [3.63, 3.8) is 0 Å². The van der Waals surface area contributed by atoms with Crippen molar-refractivity contribution < 1.29 is 4.79 Å². The maximum Gasteiger partial charge on any atom is 0.251 e. The predicted octanol–water partition coefficient (Wildman–Crippen LogP) is 6.12. The molecule has 0 bridgehead atoms. The number of likely N-dealkylation sites (tertiary alicyclic amines) is 1. The standard InChI is InChI=1S/C31H39N3O/c1-23-19-24(2)22-33(21-23)18-8-17-32-31(35)26-13-15-28(16-14-26)34-29-12-7-6-11-27(29)20-30(34)25-9-4-3-5-10-25/h3-5,9-10,13-16,20,23-24H,6-8,11-12,17-19,21-22H2,1-2H3,(H,32,35)/t23-,24+. The third kappa shape index (κ3) is 5.54. The average Bonchev–Trinajstić information content (AvgIpc) is 3.26. The molecule has 1 aliphatic carbocycles. The number of benzene rings is 2. The van der Waals surface area contributed by atoms with Crippen LogP contribution < -0.4 is 5.32 Å². The number of nitrogens with zero attached hydrogens (tertiary/aromatic N) is 2. The fraction of sp³-hybridized carbons (Fsp3) is 0.452. The van der Waals surface area contributed by atoms with Crippen LogP contribution in [-0.4, -0.2) is 41.6 Å². The Morgan fingerprint density at radius 3 is 2.40 bits per heavy atom. The molecule has 2 atom stereocenters. The van der Waals surface area contributed by atoms with E-state index >= 15 is 0 Å². The fourth-order valence-corrected chi connectivity index (χ4v) is 6.16. The van der Waals surface area contributed by atoms with Crippen LogP contribution >= 0.6 is 0 Å². The number of rotatable bonds is 7. The molecule has 0 spiro atoms. The van der Waals surface area contributed by atoms with Gasteiger partial charge in [-0.1, -0.05) is 44.2 Å². The van der Waals surface area contributed by atoms with Gasteiger partial charge in [-0.05, 0) is 98.4 Å². The van der Waals surface area contributed by atoms with Gasteiger partial charge in [0.15, 0.2) is 0 Å². The highest BCUT2D eigenvalue weighted by atomic mass is 16.1. The molecular weight excluding hydrogens is 430 g/mol. The molecule has 1 aromatic heterocycles. The second-order valence-corrected chi connectivity index (χ2v) is 10.8. The van der Waals surface area contributed by atoms with E-state index in [-0.39, 0.29) is 5.91 Å². The van der Waals surface area contributed by atoms with E-state index in [1.807, 2.05) is 12.1 Å². The average molecular weight is 470 g/mol. The van der Waals surface area contributed by atoms with Gasteiger partial charge in [0.2, 0.25) is 0 Å². The first kappa shape index (κ1) is 23.9. The summed E-state index contributed by atoms with van der Waals surface area (Å²) in [6, 6.07) is 21.2. The van der Waals surface area contributed by atoms with Gasteiger partial charge < -0.3 is 14.8 Å². The third-order valence-corrected chi connectivity index (χ3v) is 7.64. The van der Waals surface area contributed by atoms with Gasteiger partial charge in [-0.25, -0.2) is 0 Å². The minimum absolute atomic E-state index is 0.0229. The molecule has 0 radical (unpaired) electrons. The molecular formula is C31H39N3O. The zero-order valence-corrected chi connectivity index (χ0v) is 21.3. The molecule has 2 aliphatic rings. The van der Waals surface area contributed by atoms with Crippen molar-refractivity contribution in [1.82, 2.24) is 14.8 Å². The van der Waals surface area contributed by atoms with Crippen molar-refractivity contribution >= 4 is 5.91 Å². The molecule has 0 saturated carbocycles. The molecule has 1 fully saturated rings. The lowest BCUT2D eigenvalue weighted by atomic mass is 9.92. The number of carbonyl (C=O) groups excluding carboxylic acids is 1. The molecule has 0 unspecified atom stereocenters. The molecule has 1 N–H and O–H groups in total. The van der Waals surface area contributed by atoms with E-state index in [1.165, 1.54) is 54.9 Å². The van der Waals surface area contributed by atoms with Crippen LogP contribution in [0, 0.1) is 11.8 Å². The van der Waals surface area contributed by atoms with Crippen molar-refractivity contribution in [3.05, 3.63) is 77.5 Å². The minimum Gasteiger partial charge on any atom is -0.352 e. The molecule has 4 heteroatoms. The van der Waals surface area contributed by atoms with Crippen LogP contribution in [0.15, 0.2) is 60.7 Å². The summed E-state index contributed by atoms with van der Waals surface area (Å²) in [5.74, 6) is 1.58. The van der Waals surface area contributed by atoms with Crippen LogP contribution in [0.1, 0.15) is 61.1 Å². The number of amides is 1. The van der Waals surface area contributed by atoms with Gasteiger partial charge in [-0.15, -0.1) is 0 Å². The summed E-state index contributed by atoms with van der Waals surface area (Å²) in [6.07, 6.45) is 7.10. The molecule has 1 amide bonds. The Labute approximate surface area is 210 Å². The number of fused-ring (bicyclic) bond motifs is 1. The highest BCUT2D eigenvalue weighted by molar-refractivity contribution is 5.94. The number of hydrogen-bond acceptors (Lipinski definition) is 2. The van der Waals surface area contributed by atoms with Crippen LogP contribution in [0.3, 0.4) is 0 Å². The minimum atomic E-state index is 0.0229. The fourth-order valence-electron chi connectivity index (χ4n) is 6.16. The number of nitrogens with one attached hydrogen (secondary N) is 1. The van der Waals surface area contributed by atoms with Gasteiger partial charge in [0.25, 0.3) is 5.91 Å². The third-order valence-electron chi connectivity index (χ3n) is 7.64. The van der Waals surface area contributed by atoms with E-state index in [2.05, 4.69) is 77.2 Å². The van der Waals surface area contributed by atoms with Crippen LogP contribution in [0.5, 0.6) is 0 Å². The Morgan fingerprint density at radius 2 is 1.66 bits per heavy atom. The Hall–Kier alpha value is -2.85. The molecule has 4 nitrogen and oxygen atoms in total. The van der Waals surface area contributed by atoms with Gasteiger partial charge in [0.05, 0.1) is 5.69 Å². The molecule has 3 aromatic rings. The van der Waals surface area contributed by atoms with Gasteiger partial charge in [0.1, 0.15) is 0 Å². The van der Waals surface area contributed by atoms with E-state index in [4.69, 9.17) is 0 Å². The molecule has 35 heavy (non-hydrogen) atoms. The molecule has 5 rings (SSSR count). The normalized spacial score (nSPS) is 20.4. The monoisotopic (exact) mass is 469 g/mol. The van der Waals surface area contributed by atoms with Crippen LogP contribution in [-0.2, 0) is 12.8 Å². The lowest BCUT2D eigenvalue weighted by molar-refractivity contribution is 0.0947. The second-order valence-electron chi connectivity index (χ2n) is 10.8. The first-order valence-electron chi connectivity index (χ1n) is 13.5. The molecule has 1 saturated heterocycles. The zero-order valence-electron chi connectivity index (χ0n) is 21.3. The van der Waals surface area contributed by atoms with Crippen LogP contribution in [0.4, 0.5) is 0 Å². The summed E-state index contributed by atoms with van der Waals surface area (Å²) in [6.45, 7) is 8.86. The Balaban J connectivity index is 1.25. The van der Waals surface area contributed by atoms with Crippen molar-refractivity contribution in [2.24, 2.45) is 11.8 Å². The number of piperidine rings is 1. The summed E-state index contributed by atoms with van der Waals surface area (Å²) in [5.41, 5.74) is 7.24. The molecule has 2 aromatic carbocycles. The smallest absolute Gasteiger partial charge is 0.251 e. The van der Waals surface area contributed by atoms with Crippen molar-refractivity contribution in [3.8, 4) is 16.9 Å². The van der Waals surface area contributed by atoms with Gasteiger partial charge in [-0.3, -0.25) is 4.79 Å². The summed E-state index contributed by atoms with van der Waals surface area (Å²) >= 11 is 0. The maximum absolute atomic E-state index is 12.8. The second kappa shape index (κ2) is 10.8. The quantitative estimate of drug-likeness (QED) is 0.423. The zero-order chi connectivity index (χ0) is 24.2. The Kier molecular flexibility index (Phi) is 7.38. The van der Waals surface area contributed by atoms with Crippen molar-refractivity contribution in [2.75, 3.05) is 26.2 Å². The predicted molar refractivity (Wildman–Crippen MR) is 144 cm³/mol. The number of aryl methyl sites for hydroxylation is 1. The summed E-state index contributed by atoms with van der Waals surface area (Å²) in [5, 5.41) is 3.13. The molecule has 184 valence electrons. The van der Waals surface area contributed by atoms with Crippen molar-refractivity contribution in [2.45, 2.75) is 52.4 Å². The first-order valence-corrected chi connectivity index (χ1v) is 13.5. The van der Waals surface area contributed by atoms with Crippen LogP contribution in [0.25, 0.3) is 16.9 Å². The number of hydrogen-bond donors (Lipinski definition) is 1. The van der Waals surface area contributed by atoms with E-state index in [0.29, 0.717) is 0 Å². The van der Waals surface area contributed by atoms with Gasteiger partial charge in [0, 0.05) is 36.6 Å². The van der Waals surface area contributed by atoms with Gasteiger partial charge >= 0.3 is 0 Å². The van der Waals surface area contributed by atoms with Crippen molar-refractivity contribution in [1.29, 1.82) is 0 Å². The van der Waals surface area contributed by atoms with Gasteiger partial charge in [-0.2, -0.15) is 0 Å². The Bertz CT molecular complexity index is 1120. The topological polar surface area (TPSA) is 37.3 Å². The maximum atomic E-state index is 12.8. The Morgan fingerprint density at radius 1 is 0.943 bits per heavy atom. The lowest BCUT2D eigenvalue weighted by Crippen LogP contribution is -2.40. The summed E-state index contributed by atoms with van der Waals surface area (Å²) in [7, 11) is 0. The number of aromatic nitrogens is 1. The highest BCUT2D eigenvalue weighted by Gasteiger charge is 2.22. The lowest BCUT2D eigenvalue weighted by Gasteiger charge is -2.34. The SMILES string of the molecule is C[C@@H]1C[C@H](C)CN(CCCNC(=O)c2ccc(-n3c(-c4ccccc4)cc4c3CCCC4)cc2)C1. The molecule has 1 aliphatic heterocycles. The first-order chi connectivity index (χ1) is 17.1. The van der Waals surface area contributed by atoms with Crippen LogP contribution in [0.2, 0.25) is 0 Å². The highest BCUT2D eigenvalue weighted by Crippen LogP contribution is 2.34. The molecule has 2 heterocycles.